The van der Waals surface area contributed by atoms with Crippen LogP contribution in [0.15, 0.2) is 36.4 Å². The molecule has 1 nitrogen and oxygen atoms in total. The predicted octanol–water partition coefficient (Wildman–Crippen LogP) is 2.49. The Hall–Kier alpha value is -1.24. The molecule has 1 aromatic carbocycles. The van der Waals surface area contributed by atoms with E-state index in [0.717, 1.165) is 12.2 Å². The molecule has 1 aliphatic heterocycles. The zero-order valence-electron chi connectivity index (χ0n) is 6.73. The summed E-state index contributed by atoms with van der Waals surface area (Å²) < 4.78 is 5.77. The molecule has 0 bridgehead atoms. The molecule has 0 N–H and O–H groups in total. The highest BCUT2D eigenvalue weighted by Gasteiger charge is 2.34. The smallest absolute Gasteiger partial charge is 0.123 e. The lowest BCUT2D eigenvalue weighted by Gasteiger charge is -2.06. The molecule has 60 valence electrons. The molecular formula is C11H10O. The Labute approximate surface area is 71.7 Å². The van der Waals surface area contributed by atoms with Crippen molar-refractivity contribution in [1.82, 2.24) is 0 Å². The van der Waals surface area contributed by atoms with Gasteiger partial charge in [0.2, 0.25) is 0 Å². The van der Waals surface area contributed by atoms with Crippen molar-refractivity contribution in [2.24, 2.45) is 0 Å². The molecular weight excluding hydrogens is 148 g/mol. The first-order chi connectivity index (χ1) is 5.95. The van der Waals surface area contributed by atoms with Gasteiger partial charge in [0.1, 0.15) is 11.9 Å². The highest BCUT2D eigenvalue weighted by Crippen LogP contribution is 2.42. The van der Waals surface area contributed by atoms with E-state index in [4.69, 9.17) is 4.74 Å². The highest BCUT2D eigenvalue weighted by atomic mass is 16.5. The number of fused-ring (bicyclic) bond motifs is 3. The Bertz CT molecular complexity index is 341. The molecule has 2 atom stereocenters. The fourth-order valence-corrected chi connectivity index (χ4v) is 2.08. The van der Waals surface area contributed by atoms with E-state index in [1.54, 1.807) is 0 Å². The average Bonchev–Trinajstić information content (AvgIpc) is 2.62. The number of hydrogen-bond acceptors (Lipinski definition) is 1. The lowest BCUT2D eigenvalue weighted by Crippen LogP contribution is -2.11. The van der Waals surface area contributed by atoms with Crippen LogP contribution in [0.1, 0.15) is 17.9 Å². The van der Waals surface area contributed by atoms with Crippen molar-refractivity contribution in [3.8, 4) is 5.75 Å². The van der Waals surface area contributed by atoms with Gasteiger partial charge in [0, 0.05) is 17.9 Å². The largest absolute Gasteiger partial charge is 0.489 e. The van der Waals surface area contributed by atoms with Crippen molar-refractivity contribution < 1.29 is 4.74 Å². The third-order valence-electron chi connectivity index (χ3n) is 2.67. The lowest BCUT2D eigenvalue weighted by molar-refractivity contribution is 0.232. The van der Waals surface area contributed by atoms with Crippen LogP contribution in [0.5, 0.6) is 5.75 Å². The summed E-state index contributed by atoms with van der Waals surface area (Å²) in [6, 6.07) is 8.33. The van der Waals surface area contributed by atoms with E-state index in [1.807, 2.05) is 6.07 Å². The third-order valence-corrected chi connectivity index (χ3v) is 2.67. The summed E-state index contributed by atoms with van der Waals surface area (Å²) in [6.45, 7) is 0. The van der Waals surface area contributed by atoms with Crippen LogP contribution in [-0.2, 0) is 0 Å². The van der Waals surface area contributed by atoms with Crippen LogP contribution in [0.2, 0.25) is 0 Å². The summed E-state index contributed by atoms with van der Waals surface area (Å²) in [5, 5.41) is 0. The van der Waals surface area contributed by atoms with Crippen LogP contribution in [-0.4, -0.2) is 6.10 Å². The molecule has 0 fully saturated rings. The van der Waals surface area contributed by atoms with Gasteiger partial charge in [-0.25, -0.2) is 0 Å². The molecule has 0 aromatic heterocycles. The van der Waals surface area contributed by atoms with Gasteiger partial charge in [-0.15, -0.1) is 0 Å². The summed E-state index contributed by atoms with van der Waals surface area (Å²) in [5.74, 6) is 1.61. The summed E-state index contributed by atoms with van der Waals surface area (Å²) in [6.07, 6.45) is 5.93. The Balaban J connectivity index is 2.14. The van der Waals surface area contributed by atoms with Crippen molar-refractivity contribution >= 4 is 0 Å². The van der Waals surface area contributed by atoms with Crippen LogP contribution in [0, 0.1) is 0 Å². The van der Waals surface area contributed by atoms with Crippen molar-refractivity contribution in [1.29, 1.82) is 0 Å². The van der Waals surface area contributed by atoms with Gasteiger partial charge in [0.25, 0.3) is 0 Å². The van der Waals surface area contributed by atoms with Crippen LogP contribution in [0.25, 0.3) is 0 Å². The SMILES string of the molecule is C1=C[C@H]2c3ccccc3O[C@H]2C1. The lowest BCUT2D eigenvalue weighted by atomic mass is 9.99. The fourth-order valence-electron chi connectivity index (χ4n) is 2.08. The van der Waals surface area contributed by atoms with Gasteiger partial charge < -0.3 is 4.74 Å². The van der Waals surface area contributed by atoms with E-state index >= 15 is 0 Å². The predicted molar refractivity (Wildman–Crippen MR) is 47.4 cm³/mol. The summed E-state index contributed by atoms with van der Waals surface area (Å²) >= 11 is 0. The minimum absolute atomic E-state index is 0.391. The van der Waals surface area contributed by atoms with Gasteiger partial charge in [-0.1, -0.05) is 30.4 Å². The first kappa shape index (κ1) is 6.30. The quantitative estimate of drug-likeness (QED) is 0.527. The Kier molecular flexibility index (Phi) is 1.12. The van der Waals surface area contributed by atoms with E-state index < -0.39 is 0 Å². The molecule has 3 rings (SSSR count). The van der Waals surface area contributed by atoms with Crippen LogP contribution in [0.4, 0.5) is 0 Å². The molecule has 1 aliphatic carbocycles. The minimum atomic E-state index is 0.391. The Morgan fingerprint density at radius 2 is 2.17 bits per heavy atom. The summed E-state index contributed by atoms with van der Waals surface area (Å²) in [7, 11) is 0. The fraction of sp³-hybridized carbons (Fsp3) is 0.273. The Morgan fingerprint density at radius 3 is 3.17 bits per heavy atom. The molecule has 12 heavy (non-hydrogen) atoms. The molecule has 1 heteroatoms. The zero-order valence-corrected chi connectivity index (χ0v) is 6.73. The molecule has 1 heterocycles. The van der Waals surface area contributed by atoms with Crippen LogP contribution in [0.3, 0.4) is 0 Å². The third kappa shape index (κ3) is 0.685. The topological polar surface area (TPSA) is 9.23 Å². The van der Waals surface area contributed by atoms with E-state index in [1.165, 1.54) is 5.56 Å². The number of rotatable bonds is 0. The summed E-state index contributed by atoms with van der Waals surface area (Å²) in [5.41, 5.74) is 1.36. The molecule has 0 spiro atoms. The maximum atomic E-state index is 5.77. The molecule has 0 radical (unpaired) electrons. The van der Waals surface area contributed by atoms with E-state index in [2.05, 4.69) is 30.4 Å². The normalized spacial score (nSPS) is 29.7. The van der Waals surface area contributed by atoms with Gasteiger partial charge in [-0.05, 0) is 6.07 Å². The van der Waals surface area contributed by atoms with Crippen LogP contribution >= 0.6 is 0 Å². The van der Waals surface area contributed by atoms with Crippen molar-refractivity contribution in [3.63, 3.8) is 0 Å². The molecule has 2 aliphatic rings. The minimum Gasteiger partial charge on any atom is -0.489 e. The van der Waals surface area contributed by atoms with Crippen LogP contribution < -0.4 is 4.74 Å². The molecule has 0 saturated heterocycles. The second-order valence-corrected chi connectivity index (χ2v) is 3.38. The van der Waals surface area contributed by atoms with Gasteiger partial charge in [-0.3, -0.25) is 0 Å². The number of para-hydroxylation sites is 1. The standard InChI is InChI=1S/C11H10O/c1-2-6-10-8(4-1)9-5-3-7-11(9)12-10/h1-6,9,11H,7H2/t9-,11-/m0/s1. The highest BCUT2D eigenvalue weighted by molar-refractivity contribution is 5.45. The summed E-state index contributed by atoms with van der Waals surface area (Å²) in [4.78, 5) is 0. The van der Waals surface area contributed by atoms with Gasteiger partial charge >= 0.3 is 0 Å². The second-order valence-electron chi connectivity index (χ2n) is 3.38. The van der Waals surface area contributed by atoms with Gasteiger partial charge in [0.15, 0.2) is 0 Å². The molecule has 0 unspecified atom stereocenters. The number of ether oxygens (including phenoxy) is 1. The maximum Gasteiger partial charge on any atom is 0.123 e. The second kappa shape index (κ2) is 2.13. The van der Waals surface area contributed by atoms with Crippen molar-refractivity contribution in [2.75, 3.05) is 0 Å². The number of benzene rings is 1. The van der Waals surface area contributed by atoms with E-state index in [0.29, 0.717) is 12.0 Å². The van der Waals surface area contributed by atoms with E-state index in [9.17, 15) is 0 Å². The number of hydrogen-bond donors (Lipinski definition) is 0. The average molecular weight is 158 g/mol. The van der Waals surface area contributed by atoms with Crippen molar-refractivity contribution in [2.45, 2.75) is 18.4 Å². The van der Waals surface area contributed by atoms with Crippen molar-refractivity contribution in [3.05, 3.63) is 42.0 Å². The molecule has 0 saturated carbocycles. The first-order valence-electron chi connectivity index (χ1n) is 4.37. The van der Waals surface area contributed by atoms with Gasteiger partial charge in [0.05, 0.1) is 0 Å². The van der Waals surface area contributed by atoms with Gasteiger partial charge in [-0.2, -0.15) is 0 Å². The maximum absolute atomic E-state index is 5.77. The Morgan fingerprint density at radius 1 is 1.25 bits per heavy atom. The monoisotopic (exact) mass is 158 g/mol. The zero-order chi connectivity index (χ0) is 7.97. The molecule has 1 aromatic rings. The van der Waals surface area contributed by atoms with E-state index in [-0.39, 0.29) is 0 Å². The molecule has 0 amide bonds. The first-order valence-corrected chi connectivity index (χ1v) is 4.37.